The summed E-state index contributed by atoms with van der Waals surface area (Å²) in [6, 6.07) is -4.74. The highest BCUT2D eigenvalue weighted by molar-refractivity contribution is 7.25. The Bertz CT molecular complexity index is 4960. The van der Waals surface area contributed by atoms with Gasteiger partial charge in [0.2, 0.25) is 0 Å². The Morgan fingerprint density at radius 3 is 1.67 bits per heavy atom. The van der Waals surface area contributed by atoms with Crippen LogP contribution in [-0.2, 0) is 0 Å². The number of nitrogens with zero attached hydrogens (tertiary/aromatic N) is 2. The summed E-state index contributed by atoms with van der Waals surface area (Å²) >= 11 is 1.20. The van der Waals surface area contributed by atoms with E-state index < -0.39 is 189 Å². The van der Waals surface area contributed by atoms with E-state index in [1.807, 2.05) is 0 Å². The maximum atomic E-state index is 10.1. The minimum Gasteiger partial charge on any atom is -0.309 e. The van der Waals surface area contributed by atoms with Crippen LogP contribution in [-0.4, -0.2) is 9.13 Å². The molecule has 0 N–H and O–H groups in total. The van der Waals surface area contributed by atoms with E-state index in [2.05, 4.69) is 0 Å². The van der Waals surface area contributed by atoms with Crippen molar-refractivity contribution in [3.05, 3.63) is 206 Å². The van der Waals surface area contributed by atoms with Crippen molar-refractivity contribution in [2.75, 3.05) is 0 Å². The maximum absolute atomic E-state index is 10.1. The maximum Gasteiger partial charge on any atom is 0.0645 e. The first-order valence-corrected chi connectivity index (χ1v) is 18.3. The molecule has 0 bridgehead atoms. The quantitative estimate of drug-likeness (QED) is 0.165. The lowest BCUT2D eigenvalue weighted by molar-refractivity contribution is 1.18. The summed E-state index contributed by atoms with van der Waals surface area (Å²) in [5.74, 6) is 0. The number of hydrogen-bond acceptors (Lipinski definition) is 1. The van der Waals surface area contributed by atoms with E-state index in [1.165, 1.54) is 15.9 Å². The summed E-state index contributed by atoms with van der Waals surface area (Å²) in [6.07, 6.45) is 0. The Morgan fingerprint density at radius 1 is 0.351 bits per heavy atom. The third kappa shape index (κ3) is 4.96. The molecule has 2 nitrogen and oxygen atoms in total. The molecule has 12 aromatic rings. The molecule has 3 aromatic heterocycles. The Morgan fingerprint density at radius 2 is 0.947 bits per heavy atom. The number of rotatable bonds is 5. The fourth-order valence-electron chi connectivity index (χ4n) is 7.39. The molecule has 0 saturated carbocycles. The van der Waals surface area contributed by atoms with Crippen LogP contribution < -0.4 is 0 Å². The van der Waals surface area contributed by atoms with Crippen molar-refractivity contribution >= 4 is 75.1 Å². The number of benzene rings is 9. The molecule has 9 aromatic carbocycles. The lowest BCUT2D eigenvalue weighted by atomic mass is 10.00. The molecule has 0 spiro atoms. The monoisotopic (exact) mass is 767 g/mol. The zero-order valence-electron chi connectivity index (χ0n) is 54.0. The van der Waals surface area contributed by atoms with E-state index in [4.69, 9.17) is 16.4 Å². The van der Waals surface area contributed by atoms with Crippen LogP contribution in [0.3, 0.4) is 0 Å². The fraction of sp³-hybridized carbons (Fsp3) is 0. The van der Waals surface area contributed by atoms with E-state index in [9.17, 15) is 17.8 Å². The molecule has 0 aliphatic carbocycles. The Labute approximate surface area is 368 Å². The van der Waals surface area contributed by atoms with Gasteiger partial charge >= 0.3 is 0 Å². The molecule has 0 atom stereocenters. The normalized spacial score (nSPS) is 18.0. The van der Waals surface area contributed by atoms with Gasteiger partial charge in [-0.15, -0.1) is 11.3 Å². The lowest BCUT2D eigenvalue weighted by Crippen LogP contribution is -1.97. The predicted octanol–water partition coefficient (Wildman–Crippen LogP) is 15.2. The zero-order chi connectivity index (χ0) is 59.2. The minimum atomic E-state index is -0.998. The first kappa shape index (κ1) is 16.1. The summed E-state index contributed by atoms with van der Waals surface area (Å²) in [4.78, 5) is 0. The van der Waals surface area contributed by atoms with Crippen LogP contribution in [0, 0.1) is 0 Å². The highest BCUT2D eigenvalue weighted by Gasteiger charge is 2.20. The van der Waals surface area contributed by atoms with Gasteiger partial charge in [-0.3, -0.25) is 0 Å². The number of aromatic nitrogens is 2. The second-order valence-electron chi connectivity index (χ2n) is 12.9. The number of fused-ring (bicyclic) bond motifs is 9. The smallest absolute Gasteiger partial charge is 0.0645 e. The van der Waals surface area contributed by atoms with E-state index in [0.29, 0.717) is 25.7 Å². The van der Waals surface area contributed by atoms with Gasteiger partial charge in [-0.2, -0.15) is 0 Å². The average Bonchev–Trinajstić information content (AvgIpc) is 1.89. The Balaban J connectivity index is 1.27. The Hall–Kier alpha value is -7.20. The van der Waals surface area contributed by atoms with Crippen molar-refractivity contribution in [3.63, 3.8) is 0 Å². The molecule has 0 radical (unpaired) electrons. The van der Waals surface area contributed by atoms with Gasteiger partial charge in [-0.1, -0.05) is 145 Å². The summed E-state index contributed by atoms with van der Waals surface area (Å²) in [5.41, 5.74) is -4.97. The standard InChI is InChI=1S/C54H34N2S/c1-3-15-35(16-4-1)39-19-7-11-23-47(39)55-48-24-12-8-20-40(48)44-31-37(27-29-50(44)55)38-28-30-51-45(32-38)41-21-9-13-25-49(41)56(51)52-33-46-42-22-10-14-26-53(42)57-54(46)34-43(52)36-17-5-2-6-18-36/h1-34H/i1D,3D,4D,7D,8D,9D,11D,12D,13D,15D,16D,19D,20D,21D,23D,24D,25D,26D,27D,28D,29D,30D,31D,32D,34D. The van der Waals surface area contributed by atoms with Gasteiger partial charge in [0.1, 0.15) is 0 Å². The number of hydrogen-bond donors (Lipinski definition) is 0. The summed E-state index contributed by atoms with van der Waals surface area (Å²) in [6.45, 7) is 0. The summed E-state index contributed by atoms with van der Waals surface area (Å²) in [7, 11) is 0. The topological polar surface area (TPSA) is 9.86 Å². The van der Waals surface area contributed by atoms with Crippen LogP contribution in [0.5, 0.6) is 0 Å². The number of thiophene rings is 1. The van der Waals surface area contributed by atoms with E-state index in [-0.39, 0.29) is 45.1 Å². The van der Waals surface area contributed by atoms with E-state index in [0.717, 1.165) is 4.57 Å². The molecule has 0 amide bonds. The summed E-state index contributed by atoms with van der Waals surface area (Å²) in [5, 5.41) is -0.853. The van der Waals surface area contributed by atoms with Crippen LogP contribution in [0.4, 0.5) is 0 Å². The van der Waals surface area contributed by atoms with Crippen molar-refractivity contribution in [1.29, 1.82) is 0 Å². The fourth-order valence-corrected chi connectivity index (χ4v) is 8.45. The van der Waals surface area contributed by atoms with Gasteiger partial charge in [0.25, 0.3) is 0 Å². The average molecular weight is 768 g/mol. The van der Waals surface area contributed by atoms with Gasteiger partial charge in [0, 0.05) is 52.8 Å². The predicted molar refractivity (Wildman–Crippen MR) is 244 cm³/mol. The molecule has 3 heteroatoms. The molecule has 57 heavy (non-hydrogen) atoms. The molecular formula is C54H34N2S. The van der Waals surface area contributed by atoms with Crippen LogP contribution in [0.25, 0.3) is 109 Å². The van der Waals surface area contributed by atoms with Crippen LogP contribution in [0.1, 0.15) is 34.3 Å². The number of para-hydroxylation sites is 3. The van der Waals surface area contributed by atoms with E-state index in [1.54, 1.807) is 54.6 Å². The van der Waals surface area contributed by atoms with Crippen LogP contribution in [0.15, 0.2) is 206 Å². The molecular weight excluding hydrogens is 709 g/mol. The highest BCUT2D eigenvalue weighted by Crippen LogP contribution is 2.44. The molecule has 266 valence electrons. The SMILES string of the molecule is [2H]c1c([2H])c([2H])c(-c2c([2H])c([2H])c([2H])c([2H])c2-n2c3c([2H])c([2H])c([2H])c([2H])c3c3c([2H])c(-c4c([2H])c([2H])c5c(c4[2H])c4c([2H])c([2H])c([2H])c([2H])c4n5-c4cc5c(sc6c([2H])cccc65)c([2H])c4-c4ccccc4)c([2H])c([2H])c32)c([2H])c1[2H]. The van der Waals surface area contributed by atoms with Crippen molar-refractivity contribution in [2.24, 2.45) is 0 Å². The van der Waals surface area contributed by atoms with Crippen molar-refractivity contribution in [1.82, 2.24) is 9.13 Å². The molecule has 0 saturated heterocycles. The molecule has 0 aliphatic heterocycles. The largest absolute Gasteiger partial charge is 0.309 e. The summed E-state index contributed by atoms with van der Waals surface area (Å²) < 4.78 is 233. The van der Waals surface area contributed by atoms with Gasteiger partial charge < -0.3 is 9.13 Å². The molecule has 0 unspecified atom stereocenters. The minimum absolute atomic E-state index is 0.0481. The highest BCUT2D eigenvalue weighted by atomic mass is 32.1. The van der Waals surface area contributed by atoms with Gasteiger partial charge in [-0.25, -0.2) is 0 Å². The van der Waals surface area contributed by atoms with E-state index >= 15 is 0 Å². The van der Waals surface area contributed by atoms with Gasteiger partial charge in [-0.05, 0) is 82.7 Å². The second-order valence-corrected chi connectivity index (χ2v) is 14.0. The van der Waals surface area contributed by atoms with Crippen LogP contribution in [0.2, 0.25) is 0 Å². The first-order valence-electron chi connectivity index (χ1n) is 30.0. The second kappa shape index (κ2) is 12.7. The molecule has 0 aliphatic rings. The molecule has 0 fully saturated rings. The van der Waals surface area contributed by atoms with Crippen molar-refractivity contribution in [2.45, 2.75) is 0 Å². The van der Waals surface area contributed by atoms with Gasteiger partial charge in [0.15, 0.2) is 0 Å². The molecule has 12 rings (SSSR count). The first-order chi connectivity index (χ1) is 38.7. The lowest BCUT2D eigenvalue weighted by Gasteiger charge is -2.15. The molecule has 3 heterocycles. The zero-order valence-corrected chi connectivity index (χ0v) is 29.8. The van der Waals surface area contributed by atoms with Gasteiger partial charge in [0.05, 0.1) is 67.7 Å². The van der Waals surface area contributed by atoms with Crippen molar-refractivity contribution in [3.8, 4) is 44.8 Å². The third-order valence-corrected chi connectivity index (χ3v) is 10.9. The third-order valence-electron chi connectivity index (χ3n) is 9.84. The Kier molecular flexibility index (Phi) is 3.58. The van der Waals surface area contributed by atoms with Crippen LogP contribution >= 0.6 is 11.3 Å². The van der Waals surface area contributed by atoms with Crippen molar-refractivity contribution < 1.29 is 34.3 Å².